The molecule has 0 aliphatic heterocycles. The molecule has 0 bridgehead atoms. The van der Waals surface area contributed by atoms with Crippen LogP contribution in [0.3, 0.4) is 0 Å². The fraction of sp³-hybridized carbons (Fsp3) is 0.0769. The van der Waals surface area contributed by atoms with Crippen LogP contribution < -0.4 is 11.5 Å². The van der Waals surface area contributed by atoms with Gasteiger partial charge in [-0.25, -0.2) is 4.39 Å². The van der Waals surface area contributed by atoms with E-state index in [-0.39, 0.29) is 12.3 Å². The molecule has 0 radical (unpaired) electrons. The molecule has 0 amide bonds. The Kier molecular flexibility index (Phi) is 2.97. The number of aliphatic hydroxyl groups is 1. The number of hydrogen-bond acceptors (Lipinski definition) is 3. The molecule has 3 nitrogen and oxygen atoms in total. The fourth-order valence-electron chi connectivity index (χ4n) is 1.82. The Morgan fingerprint density at radius 2 is 1.65 bits per heavy atom. The van der Waals surface area contributed by atoms with Crippen LogP contribution in [-0.2, 0) is 6.61 Å². The van der Waals surface area contributed by atoms with Crippen molar-refractivity contribution in [2.24, 2.45) is 0 Å². The average molecular weight is 232 g/mol. The maximum Gasteiger partial charge on any atom is 0.153 e. The lowest BCUT2D eigenvalue weighted by Crippen LogP contribution is -2.00. The van der Waals surface area contributed by atoms with Gasteiger partial charge in [-0.1, -0.05) is 24.3 Å². The smallest absolute Gasteiger partial charge is 0.153 e. The Hall–Kier alpha value is -2.07. The van der Waals surface area contributed by atoms with Crippen molar-refractivity contribution in [3.05, 3.63) is 47.8 Å². The zero-order valence-electron chi connectivity index (χ0n) is 9.15. The molecule has 0 unspecified atom stereocenters. The summed E-state index contributed by atoms with van der Waals surface area (Å²) in [6.45, 7) is -0.200. The van der Waals surface area contributed by atoms with Crippen molar-refractivity contribution in [3.63, 3.8) is 0 Å². The van der Waals surface area contributed by atoms with Crippen LogP contribution >= 0.6 is 0 Å². The van der Waals surface area contributed by atoms with Crippen LogP contribution in [0.2, 0.25) is 0 Å². The van der Waals surface area contributed by atoms with Crippen molar-refractivity contribution in [1.29, 1.82) is 0 Å². The molecule has 0 atom stereocenters. The topological polar surface area (TPSA) is 72.3 Å². The van der Waals surface area contributed by atoms with Gasteiger partial charge >= 0.3 is 0 Å². The van der Waals surface area contributed by atoms with E-state index in [4.69, 9.17) is 11.5 Å². The van der Waals surface area contributed by atoms with Gasteiger partial charge in [-0.15, -0.1) is 0 Å². The van der Waals surface area contributed by atoms with E-state index < -0.39 is 5.82 Å². The molecule has 0 saturated heterocycles. The first-order valence-electron chi connectivity index (χ1n) is 5.17. The minimum Gasteiger partial charge on any atom is -0.398 e. The summed E-state index contributed by atoms with van der Waals surface area (Å²) in [7, 11) is 0. The fourth-order valence-corrected chi connectivity index (χ4v) is 1.82. The van der Waals surface area contributed by atoms with E-state index in [9.17, 15) is 9.50 Å². The number of anilines is 2. The quantitative estimate of drug-likeness (QED) is 0.695. The summed E-state index contributed by atoms with van der Waals surface area (Å²) in [4.78, 5) is 0. The first kappa shape index (κ1) is 11.4. The number of benzene rings is 2. The van der Waals surface area contributed by atoms with Gasteiger partial charge in [0.25, 0.3) is 0 Å². The summed E-state index contributed by atoms with van der Waals surface area (Å²) in [5.74, 6) is -0.514. The third-order valence-corrected chi connectivity index (χ3v) is 2.65. The molecule has 17 heavy (non-hydrogen) atoms. The lowest BCUT2D eigenvalue weighted by atomic mass is 9.97. The summed E-state index contributed by atoms with van der Waals surface area (Å²) >= 11 is 0. The van der Waals surface area contributed by atoms with Crippen LogP contribution in [0.25, 0.3) is 11.1 Å². The SMILES string of the molecule is Nc1cccc(-c2c(N)cccc2CO)c1F. The lowest BCUT2D eigenvalue weighted by Gasteiger charge is -2.12. The predicted molar refractivity (Wildman–Crippen MR) is 66.6 cm³/mol. The van der Waals surface area contributed by atoms with Crippen molar-refractivity contribution in [2.75, 3.05) is 11.5 Å². The summed E-state index contributed by atoms with van der Waals surface area (Å²) in [5, 5.41) is 9.26. The molecule has 0 spiro atoms. The van der Waals surface area contributed by atoms with E-state index in [2.05, 4.69) is 0 Å². The largest absolute Gasteiger partial charge is 0.398 e. The number of nitrogens with two attached hydrogens (primary N) is 2. The maximum atomic E-state index is 13.9. The molecule has 2 rings (SSSR count). The molecule has 0 aliphatic rings. The van der Waals surface area contributed by atoms with Crippen LogP contribution in [0.1, 0.15) is 5.56 Å². The predicted octanol–water partition coefficient (Wildman–Crippen LogP) is 2.15. The van der Waals surface area contributed by atoms with Gasteiger partial charge in [0, 0.05) is 16.8 Å². The van der Waals surface area contributed by atoms with Crippen LogP contribution in [0.5, 0.6) is 0 Å². The zero-order chi connectivity index (χ0) is 12.4. The standard InChI is InChI=1S/C13H13FN2O/c14-13-9(4-2-6-11(13)16)12-8(7-17)3-1-5-10(12)15/h1-6,17H,7,15-16H2. The summed E-state index contributed by atoms with van der Waals surface area (Å²) in [5.41, 5.74) is 13.2. The highest BCUT2D eigenvalue weighted by Crippen LogP contribution is 2.33. The van der Waals surface area contributed by atoms with Gasteiger partial charge in [-0.3, -0.25) is 0 Å². The summed E-state index contributed by atoms with van der Waals surface area (Å²) < 4.78 is 13.9. The second-order valence-electron chi connectivity index (χ2n) is 3.75. The van der Waals surface area contributed by atoms with Gasteiger partial charge in [-0.05, 0) is 17.7 Å². The zero-order valence-corrected chi connectivity index (χ0v) is 9.15. The molecule has 0 saturated carbocycles. The van der Waals surface area contributed by atoms with Gasteiger partial charge in [0.2, 0.25) is 0 Å². The van der Waals surface area contributed by atoms with Gasteiger partial charge in [0.05, 0.1) is 12.3 Å². The van der Waals surface area contributed by atoms with Gasteiger partial charge in [0.1, 0.15) is 0 Å². The first-order valence-corrected chi connectivity index (χ1v) is 5.17. The Morgan fingerprint density at radius 1 is 1.00 bits per heavy atom. The molecule has 0 aromatic heterocycles. The highest BCUT2D eigenvalue weighted by atomic mass is 19.1. The molecule has 4 heteroatoms. The Morgan fingerprint density at radius 3 is 2.35 bits per heavy atom. The van der Waals surface area contributed by atoms with E-state index in [1.54, 1.807) is 30.3 Å². The monoisotopic (exact) mass is 232 g/mol. The Balaban J connectivity index is 2.72. The molecular formula is C13H13FN2O. The van der Waals surface area contributed by atoms with Gasteiger partial charge in [-0.2, -0.15) is 0 Å². The molecule has 0 fully saturated rings. The number of hydrogen-bond donors (Lipinski definition) is 3. The molecule has 2 aromatic carbocycles. The lowest BCUT2D eigenvalue weighted by molar-refractivity contribution is 0.282. The summed E-state index contributed by atoms with van der Waals surface area (Å²) in [6, 6.07) is 9.81. The summed E-state index contributed by atoms with van der Waals surface area (Å²) in [6.07, 6.45) is 0. The Labute approximate surface area is 98.5 Å². The number of aliphatic hydroxyl groups excluding tert-OH is 1. The van der Waals surface area contributed by atoms with Gasteiger partial charge < -0.3 is 16.6 Å². The van der Waals surface area contributed by atoms with Crippen LogP contribution in [0.15, 0.2) is 36.4 Å². The molecule has 5 N–H and O–H groups in total. The maximum absolute atomic E-state index is 13.9. The van der Waals surface area contributed by atoms with Crippen molar-refractivity contribution in [3.8, 4) is 11.1 Å². The third kappa shape index (κ3) is 1.94. The second kappa shape index (κ2) is 4.43. The van der Waals surface area contributed by atoms with Crippen LogP contribution in [0.4, 0.5) is 15.8 Å². The number of rotatable bonds is 2. The molecule has 2 aromatic rings. The van der Waals surface area contributed by atoms with Crippen molar-refractivity contribution < 1.29 is 9.50 Å². The highest BCUT2D eigenvalue weighted by Gasteiger charge is 2.13. The number of nitrogen functional groups attached to an aromatic ring is 2. The van der Waals surface area contributed by atoms with E-state index in [0.717, 1.165) is 0 Å². The normalized spacial score (nSPS) is 10.5. The minimum absolute atomic E-state index is 0.0645. The van der Waals surface area contributed by atoms with Crippen LogP contribution in [0, 0.1) is 5.82 Å². The van der Waals surface area contributed by atoms with Crippen molar-refractivity contribution in [2.45, 2.75) is 6.61 Å². The molecular weight excluding hydrogens is 219 g/mol. The van der Waals surface area contributed by atoms with Gasteiger partial charge in [0.15, 0.2) is 5.82 Å². The van der Waals surface area contributed by atoms with E-state index in [1.165, 1.54) is 6.07 Å². The highest BCUT2D eigenvalue weighted by molar-refractivity contribution is 5.81. The molecule has 0 heterocycles. The third-order valence-electron chi connectivity index (χ3n) is 2.65. The molecule has 88 valence electrons. The second-order valence-corrected chi connectivity index (χ2v) is 3.75. The van der Waals surface area contributed by atoms with Crippen LogP contribution in [-0.4, -0.2) is 5.11 Å². The van der Waals surface area contributed by atoms with Crippen molar-refractivity contribution in [1.82, 2.24) is 0 Å². The first-order chi connectivity index (χ1) is 8.15. The Bertz CT molecular complexity index is 555. The average Bonchev–Trinajstić information content (AvgIpc) is 2.33. The number of halogens is 1. The van der Waals surface area contributed by atoms with E-state index in [0.29, 0.717) is 22.4 Å². The minimum atomic E-state index is -0.514. The molecule has 0 aliphatic carbocycles. The van der Waals surface area contributed by atoms with E-state index in [1.807, 2.05) is 0 Å². The van der Waals surface area contributed by atoms with E-state index >= 15 is 0 Å². The van der Waals surface area contributed by atoms with Crippen molar-refractivity contribution >= 4 is 11.4 Å².